The summed E-state index contributed by atoms with van der Waals surface area (Å²) in [4.78, 5) is 61.2. The van der Waals surface area contributed by atoms with E-state index >= 15 is 0 Å². The van der Waals surface area contributed by atoms with Crippen LogP contribution in [0.15, 0.2) is 48.5 Å². The fourth-order valence-electron chi connectivity index (χ4n) is 4.35. The molecule has 2 aromatic rings. The average Bonchev–Trinajstić information content (AvgIpc) is 3.06. The lowest BCUT2D eigenvalue weighted by Gasteiger charge is -2.30. The molecule has 4 rings (SSSR count). The van der Waals surface area contributed by atoms with Crippen LogP contribution in [0.3, 0.4) is 0 Å². The normalized spacial score (nSPS) is 23.7. The summed E-state index contributed by atoms with van der Waals surface area (Å²) in [5.41, 5.74) is -0.116. The summed E-state index contributed by atoms with van der Waals surface area (Å²) in [5.74, 6) is -3.05. The summed E-state index contributed by atoms with van der Waals surface area (Å²) in [7, 11) is 0. The lowest BCUT2D eigenvalue weighted by molar-refractivity contribution is -0.385. The first-order valence-corrected chi connectivity index (χ1v) is 12.4. The van der Waals surface area contributed by atoms with E-state index in [2.05, 4.69) is 31.9 Å². The molecule has 1 saturated carbocycles. The first kappa shape index (κ1) is 24.9. The summed E-state index contributed by atoms with van der Waals surface area (Å²) < 4.78 is 0. The van der Waals surface area contributed by atoms with Gasteiger partial charge in [-0.15, -0.1) is 0 Å². The van der Waals surface area contributed by atoms with E-state index < -0.39 is 39.4 Å². The predicted molar refractivity (Wildman–Crippen MR) is 130 cm³/mol. The number of nitro groups is 2. The van der Waals surface area contributed by atoms with Gasteiger partial charge in [0.25, 0.3) is 29.1 Å². The van der Waals surface area contributed by atoms with Gasteiger partial charge >= 0.3 is 0 Å². The molecule has 182 valence electrons. The zero-order chi connectivity index (χ0) is 25.4. The molecule has 0 spiro atoms. The van der Waals surface area contributed by atoms with E-state index in [0.29, 0.717) is 18.4 Å². The first-order valence-electron chi connectivity index (χ1n) is 10.5. The highest BCUT2D eigenvalue weighted by atomic mass is 79.9. The van der Waals surface area contributed by atoms with E-state index in [1.54, 1.807) is 0 Å². The average molecular weight is 610 g/mol. The maximum Gasteiger partial charge on any atom is 0.273 e. The van der Waals surface area contributed by atoms with E-state index in [1.807, 2.05) is 0 Å². The number of carbonyl (C=O) groups is 3. The molecule has 1 aliphatic carbocycles. The van der Waals surface area contributed by atoms with E-state index in [1.165, 1.54) is 42.5 Å². The molecule has 13 heteroatoms. The minimum Gasteiger partial charge on any atom is -0.272 e. The third kappa shape index (κ3) is 4.82. The third-order valence-corrected chi connectivity index (χ3v) is 8.88. The molecule has 1 aliphatic heterocycles. The maximum absolute atomic E-state index is 13.5. The van der Waals surface area contributed by atoms with Gasteiger partial charge in [0.1, 0.15) is 0 Å². The van der Waals surface area contributed by atoms with Crippen LogP contribution in [0.5, 0.6) is 0 Å². The van der Waals surface area contributed by atoms with Crippen LogP contribution >= 0.6 is 31.9 Å². The molecule has 0 radical (unpaired) electrons. The number of non-ortho nitro benzene ring substituents is 2. The molecule has 11 nitrogen and oxygen atoms in total. The van der Waals surface area contributed by atoms with Gasteiger partial charge in [0.05, 0.1) is 28.2 Å². The number of hydrazine groups is 1. The second-order valence-electron chi connectivity index (χ2n) is 8.30. The summed E-state index contributed by atoms with van der Waals surface area (Å²) >= 11 is 7.05. The van der Waals surface area contributed by atoms with Crippen LogP contribution < -0.4 is 0 Å². The van der Waals surface area contributed by atoms with Gasteiger partial charge in [-0.1, -0.05) is 50.1 Å². The number of halogens is 2. The van der Waals surface area contributed by atoms with Gasteiger partial charge in [-0.2, -0.15) is 5.01 Å². The molecule has 1 saturated heterocycles. The van der Waals surface area contributed by atoms with Crippen molar-refractivity contribution in [3.05, 3.63) is 79.9 Å². The van der Waals surface area contributed by atoms with Gasteiger partial charge in [-0.05, 0) is 24.5 Å². The molecule has 0 N–H and O–H groups in total. The number of nitro benzene ring substituents is 2. The number of hydrogen-bond acceptors (Lipinski definition) is 7. The summed E-state index contributed by atoms with van der Waals surface area (Å²) in [5, 5.41) is 24.0. The molecule has 0 unspecified atom stereocenters. The highest BCUT2D eigenvalue weighted by Gasteiger charge is 2.54. The largest absolute Gasteiger partial charge is 0.273 e. The highest BCUT2D eigenvalue weighted by Crippen LogP contribution is 2.44. The summed E-state index contributed by atoms with van der Waals surface area (Å²) in [6, 6.07) is 10.4. The third-order valence-electron chi connectivity index (χ3n) is 6.15. The number of fused-ring (bicyclic) bond motifs is 1. The number of benzene rings is 2. The summed E-state index contributed by atoms with van der Waals surface area (Å²) in [6.07, 6.45) is 0.802. The Balaban J connectivity index is 1.72. The van der Waals surface area contributed by atoms with Crippen LogP contribution in [-0.2, 0) is 16.1 Å². The molecule has 35 heavy (non-hydrogen) atoms. The van der Waals surface area contributed by atoms with Gasteiger partial charge in [0, 0.05) is 39.5 Å². The molecular weight excluding hydrogens is 592 g/mol. The number of nitrogens with zero attached hydrogens (tertiary/aromatic N) is 4. The van der Waals surface area contributed by atoms with Crippen LogP contribution in [0.25, 0.3) is 0 Å². The standard InChI is InChI=1S/C22H18Br2N4O7/c23-18-9-16-17(10-19(18)24)22(31)26(21(16)30)25(11-12-4-6-14(7-5-12)27(32)33)20(29)13-2-1-3-15(8-13)28(34)35/h1-8,16-19H,9-11H2/t16-,17+,18+,19-. The van der Waals surface area contributed by atoms with E-state index in [4.69, 9.17) is 0 Å². The van der Waals surface area contributed by atoms with Crippen LogP contribution in [0.4, 0.5) is 11.4 Å². The lowest BCUT2D eigenvalue weighted by Crippen LogP contribution is -2.49. The fraction of sp³-hybridized carbons (Fsp3) is 0.318. The molecule has 3 amide bonds. The van der Waals surface area contributed by atoms with Crippen molar-refractivity contribution >= 4 is 61.0 Å². The van der Waals surface area contributed by atoms with Crippen molar-refractivity contribution in [1.29, 1.82) is 0 Å². The van der Waals surface area contributed by atoms with Crippen LogP contribution in [0.2, 0.25) is 0 Å². The minimum atomic E-state index is -0.779. The Morgan fingerprint density at radius 3 is 1.97 bits per heavy atom. The number of rotatable bonds is 6. The van der Waals surface area contributed by atoms with Gasteiger partial charge in [-0.25, -0.2) is 5.01 Å². The zero-order valence-electron chi connectivity index (χ0n) is 18.0. The van der Waals surface area contributed by atoms with Crippen LogP contribution in [0.1, 0.15) is 28.8 Å². The van der Waals surface area contributed by atoms with Crippen LogP contribution in [0, 0.1) is 32.1 Å². The Morgan fingerprint density at radius 2 is 1.46 bits per heavy atom. The Kier molecular flexibility index (Phi) is 6.99. The van der Waals surface area contributed by atoms with Crippen molar-refractivity contribution < 1.29 is 24.2 Å². The summed E-state index contributed by atoms with van der Waals surface area (Å²) in [6.45, 7) is -0.244. The molecule has 0 bridgehead atoms. The Morgan fingerprint density at radius 1 is 0.914 bits per heavy atom. The second kappa shape index (κ2) is 9.82. The molecule has 2 fully saturated rings. The van der Waals surface area contributed by atoms with E-state index in [9.17, 15) is 34.6 Å². The van der Waals surface area contributed by atoms with E-state index in [0.717, 1.165) is 16.1 Å². The number of amides is 3. The van der Waals surface area contributed by atoms with Gasteiger partial charge in [-0.3, -0.25) is 34.6 Å². The van der Waals surface area contributed by atoms with Gasteiger partial charge < -0.3 is 0 Å². The fourth-order valence-corrected chi connectivity index (χ4v) is 5.58. The Labute approximate surface area is 215 Å². The number of imide groups is 1. The maximum atomic E-state index is 13.5. The number of alkyl halides is 2. The van der Waals surface area contributed by atoms with Crippen LogP contribution in [-0.4, -0.2) is 47.2 Å². The van der Waals surface area contributed by atoms with Gasteiger partial charge in [0.15, 0.2) is 0 Å². The second-order valence-corrected chi connectivity index (χ2v) is 10.7. The highest BCUT2D eigenvalue weighted by molar-refractivity contribution is 9.12. The quantitative estimate of drug-likeness (QED) is 0.208. The molecule has 2 aromatic carbocycles. The predicted octanol–water partition coefficient (Wildman–Crippen LogP) is 3.98. The molecule has 1 heterocycles. The number of hydrogen-bond donors (Lipinski definition) is 0. The van der Waals surface area contributed by atoms with Crippen molar-refractivity contribution in [2.75, 3.05) is 0 Å². The minimum absolute atomic E-state index is 0.0314. The van der Waals surface area contributed by atoms with Crippen molar-refractivity contribution in [1.82, 2.24) is 10.0 Å². The van der Waals surface area contributed by atoms with Crippen molar-refractivity contribution in [2.24, 2.45) is 11.8 Å². The SMILES string of the molecule is O=C(c1cccc([N+](=O)[O-])c1)N(Cc1ccc([N+](=O)[O-])cc1)N1C(=O)[C@H]2C[C@@H](Br)[C@@H](Br)C[C@H]2C1=O. The van der Waals surface area contributed by atoms with E-state index in [-0.39, 0.29) is 33.1 Å². The molecule has 4 atom stereocenters. The first-order chi connectivity index (χ1) is 16.6. The zero-order valence-corrected chi connectivity index (χ0v) is 21.1. The Bertz CT molecular complexity index is 1190. The molecular formula is C22H18Br2N4O7. The lowest BCUT2D eigenvalue weighted by atomic mass is 9.81. The molecule has 0 aromatic heterocycles. The molecule has 2 aliphatic rings. The smallest absolute Gasteiger partial charge is 0.272 e. The topological polar surface area (TPSA) is 144 Å². The Hall–Kier alpha value is -3.19. The van der Waals surface area contributed by atoms with Crippen molar-refractivity contribution in [3.63, 3.8) is 0 Å². The van der Waals surface area contributed by atoms with Crippen molar-refractivity contribution in [2.45, 2.75) is 29.0 Å². The van der Waals surface area contributed by atoms with Crippen molar-refractivity contribution in [3.8, 4) is 0 Å². The number of carbonyl (C=O) groups excluding carboxylic acids is 3. The monoisotopic (exact) mass is 608 g/mol. The van der Waals surface area contributed by atoms with Gasteiger partial charge in [0.2, 0.25) is 0 Å².